The Morgan fingerprint density at radius 1 is 1.24 bits per heavy atom. The summed E-state index contributed by atoms with van der Waals surface area (Å²) < 4.78 is 10.8. The minimum Gasteiger partial charge on any atom is -0.497 e. The SMILES string of the molecule is CCc1c[nH]c(=O)c(C(=O)N2CCCc3c(OC)cc(OC)cc32)c1. The van der Waals surface area contributed by atoms with Crippen molar-refractivity contribution in [3.63, 3.8) is 0 Å². The van der Waals surface area contributed by atoms with Gasteiger partial charge in [-0.05, 0) is 30.9 Å². The minimum absolute atomic E-state index is 0.161. The smallest absolute Gasteiger partial charge is 0.263 e. The van der Waals surface area contributed by atoms with Gasteiger partial charge in [-0.15, -0.1) is 0 Å². The van der Waals surface area contributed by atoms with Crippen LogP contribution >= 0.6 is 0 Å². The maximum Gasteiger partial charge on any atom is 0.263 e. The molecule has 1 aromatic heterocycles. The van der Waals surface area contributed by atoms with Crippen LogP contribution in [0.25, 0.3) is 0 Å². The summed E-state index contributed by atoms with van der Waals surface area (Å²) in [5, 5.41) is 0. The monoisotopic (exact) mass is 342 g/mol. The molecule has 0 atom stereocenters. The van der Waals surface area contributed by atoms with Crippen LogP contribution in [-0.2, 0) is 12.8 Å². The first-order valence-electron chi connectivity index (χ1n) is 8.37. The zero-order valence-electron chi connectivity index (χ0n) is 14.7. The molecule has 0 saturated heterocycles. The fraction of sp³-hybridized carbons (Fsp3) is 0.368. The lowest BCUT2D eigenvalue weighted by Crippen LogP contribution is -2.38. The highest BCUT2D eigenvalue weighted by Crippen LogP contribution is 2.38. The second kappa shape index (κ2) is 7.01. The molecule has 1 N–H and O–H groups in total. The van der Waals surface area contributed by atoms with E-state index in [1.807, 2.05) is 19.1 Å². The van der Waals surface area contributed by atoms with Crippen LogP contribution in [0.4, 0.5) is 5.69 Å². The Labute approximate surface area is 146 Å². The number of ether oxygens (including phenoxy) is 2. The van der Waals surface area contributed by atoms with Crippen LogP contribution in [0.1, 0.15) is 34.8 Å². The minimum atomic E-state index is -0.371. The number of nitrogens with one attached hydrogen (secondary N) is 1. The summed E-state index contributed by atoms with van der Waals surface area (Å²) in [6, 6.07) is 5.32. The first-order chi connectivity index (χ1) is 12.1. The lowest BCUT2D eigenvalue weighted by atomic mass is 9.99. The van der Waals surface area contributed by atoms with E-state index in [1.165, 1.54) is 0 Å². The molecule has 0 spiro atoms. The van der Waals surface area contributed by atoms with E-state index in [0.717, 1.165) is 36.1 Å². The molecule has 0 unspecified atom stereocenters. The van der Waals surface area contributed by atoms with Gasteiger partial charge in [-0.25, -0.2) is 0 Å². The summed E-state index contributed by atoms with van der Waals surface area (Å²) in [6.07, 6.45) is 4.02. The molecular formula is C19H22N2O4. The van der Waals surface area contributed by atoms with E-state index in [9.17, 15) is 9.59 Å². The highest BCUT2D eigenvalue weighted by molar-refractivity contribution is 6.07. The maximum absolute atomic E-state index is 13.1. The van der Waals surface area contributed by atoms with Gasteiger partial charge in [0, 0.05) is 30.4 Å². The number of anilines is 1. The normalized spacial score (nSPS) is 13.3. The fourth-order valence-electron chi connectivity index (χ4n) is 3.18. The first kappa shape index (κ1) is 17.1. The third kappa shape index (κ3) is 3.12. The van der Waals surface area contributed by atoms with Gasteiger partial charge in [-0.2, -0.15) is 0 Å². The van der Waals surface area contributed by atoms with Gasteiger partial charge in [0.05, 0.1) is 19.9 Å². The molecule has 0 saturated carbocycles. The standard InChI is InChI=1S/C19H22N2O4/c1-4-12-8-15(18(22)20-11-12)19(23)21-7-5-6-14-16(21)9-13(24-2)10-17(14)25-3/h8-11H,4-7H2,1-3H3,(H,20,22). The van der Waals surface area contributed by atoms with Crippen molar-refractivity contribution in [1.82, 2.24) is 4.98 Å². The summed E-state index contributed by atoms with van der Waals surface area (Å²) in [5.41, 5.74) is 2.42. The van der Waals surface area contributed by atoms with Crippen LogP contribution in [-0.4, -0.2) is 31.7 Å². The number of aromatic nitrogens is 1. The van der Waals surface area contributed by atoms with E-state index >= 15 is 0 Å². The van der Waals surface area contributed by atoms with Crippen LogP contribution in [0.3, 0.4) is 0 Å². The molecule has 132 valence electrons. The third-order valence-electron chi connectivity index (χ3n) is 4.56. The number of rotatable bonds is 4. The number of methoxy groups -OCH3 is 2. The van der Waals surface area contributed by atoms with Gasteiger partial charge in [-0.3, -0.25) is 9.59 Å². The van der Waals surface area contributed by atoms with Crippen molar-refractivity contribution in [2.24, 2.45) is 0 Å². The molecule has 1 aliphatic heterocycles. The van der Waals surface area contributed by atoms with Gasteiger partial charge < -0.3 is 19.4 Å². The van der Waals surface area contributed by atoms with Crippen LogP contribution < -0.4 is 19.9 Å². The predicted octanol–water partition coefficient (Wildman–Crippen LogP) is 2.55. The average molecular weight is 342 g/mol. The number of benzene rings is 1. The molecule has 25 heavy (non-hydrogen) atoms. The highest BCUT2D eigenvalue weighted by atomic mass is 16.5. The van der Waals surface area contributed by atoms with Gasteiger partial charge in [-0.1, -0.05) is 6.92 Å². The third-order valence-corrected chi connectivity index (χ3v) is 4.56. The lowest BCUT2D eigenvalue weighted by molar-refractivity contribution is 0.0983. The van der Waals surface area contributed by atoms with Gasteiger partial charge in [0.2, 0.25) is 0 Å². The average Bonchev–Trinajstić information content (AvgIpc) is 2.66. The summed E-state index contributed by atoms with van der Waals surface area (Å²) in [7, 11) is 3.18. The second-order valence-electron chi connectivity index (χ2n) is 5.99. The quantitative estimate of drug-likeness (QED) is 0.927. The molecular weight excluding hydrogens is 320 g/mol. The summed E-state index contributed by atoms with van der Waals surface area (Å²) in [4.78, 5) is 29.6. The number of amides is 1. The number of aromatic amines is 1. The van der Waals surface area contributed by atoms with Crippen LogP contribution in [0.15, 0.2) is 29.2 Å². The van der Waals surface area contributed by atoms with Crippen molar-refractivity contribution in [3.8, 4) is 11.5 Å². The molecule has 0 aliphatic carbocycles. The number of fused-ring (bicyclic) bond motifs is 1. The molecule has 0 radical (unpaired) electrons. The molecule has 6 heteroatoms. The summed E-state index contributed by atoms with van der Waals surface area (Å²) in [6.45, 7) is 2.53. The first-order valence-corrected chi connectivity index (χ1v) is 8.37. The zero-order valence-corrected chi connectivity index (χ0v) is 14.7. The molecule has 1 aromatic carbocycles. The highest BCUT2D eigenvalue weighted by Gasteiger charge is 2.28. The summed E-state index contributed by atoms with van der Waals surface area (Å²) in [5.74, 6) is 1.02. The van der Waals surface area contributed by atoms with Crippen molar-refractivity contribution >= 4 is 11.6 Å². The molecule has 0 bridgehead atoms. The van der Waals surface area contributed by atoms with Crippen molar-refractivity contribution in [2.45, 2.75) is 26.2 Å². The van der Waals surface area contributed by atoms with Crippen LogP contribution in [0, 0.1) is 0 Å². The number of hydrogen-bond acceptors (Lipinski definition) is 4. The van der Waals surface area contributed by atoms with Crippen LogP contribution in [0.2, 0.25) is 0 Å². The van der Waals surface area contributed by atoms with Crippen LogP contribution in [0.5, 0.6) is 11.5 Å². The molecule has 1 amide bonds. The van der Waals surface area contributed by atoms with E-state index in [2.05, 4.69) is 4.98 Å². The molecule has 6 nitrogen and oxygen atoms in total. The second-order valence-corrected chi connectivity index (χ2v) is 5.99. The van der Waals surface area contributed by atoms with E-state index in [-0.39, 0.29) is 17.0 Å². The number of carbonyl (C=O) groups is 1. The van der Waals surface area contributed by atoms with Crippen molar-refractivity contribution in [2.75, 3.05) is 25.7 Å². The Bertz CT molecular complexity index is 857. The van der Waals surface area contributed by atoms with E-state index < -0.39 is 0 Å². The molecule has 1 aliphatic rings. The van der Waals surface area contributed by atoms with Crippen molar-refractivity contribution in [3.05, 3.63) is 51.4 Å². The predicted molar refractivity (Wildman–Crippen MR) is 96.0 cm³/mol. The van der Waals surface area contributed by atoms with Crippen molar-refractivity contribution < 1.29 is 14.3 Å². The Hall–Kier alpha value is -2.76. The Morgan fingerprint density at radius 2 is 2.04 bits per heavy atom. The maximum atomic E-state index is 13.1. The molecule has 2 heterocycles. The van der Waals surface area contributed by atoms with Gasteiger partial charge in [0.1, 0.15) is 17.1 Å². The largest absolute Gasteiger partial charge is 0.497 e. The molecule has 0 fully saturated rings. The number of H-pyrrole nitrogens is 1. The van der Waals surface area contributed by atoms with E-state index in [0.29, 0.717) is 18.0 Å². The van der Waals surface area contributed by atoms with Gasteiger partial charge in [0.15, 0.2) is 0 Å². The molecule has 3 rings (SSSR count). The van der Waals surface area contributed by atoms with E-state index in [1.54, 1.807) is 31.4 Å². The Kier molecular flexibility index (Phi) is 4.79. The summed E-state index contributed by atoms with van der Waals surface area (Å²) >= 11 is 0. The number of nitrogens with zero attached hydrogens (tertiary/aromatic N) is 1. The van der Waals surface area contributed by atoms with E-state index in [4.69, 9.17) is 9.47 Å². The fourth-order valence-corrected chi connectivity index (χ4v) is 3.18. The molecule has 2 aromatic rings. The number of pyridine rings is 1. The number of hydrogen-bond donors (Lipinski definition) is 1. The number of carbonyl (C=O) groups excluding carboxylic acids is 1. The number of aryl methyl sites for hydroxylation is 1. The Morgan fingerprint density at radius 3 is 2.72 bits per heavy atom. The van der Waals surface area contributed by atoms with Gasteiger partial charge in [0.25, 0.3) is 11.5 Å². The van der Waals surface area contributed by atoms with Crippen molar-refractivity contribution in [1.29, 1.82) is 0 Å². The topological polar surface area (TPSA) is 71.6 Å². The van der Waals surface area contributed by atoms with Gasteiger partial charge >= 0.3 is 0 Å². The lowest BCUT2D eigenvalue weighted by Gasteiger charge is -2.31. The zero-order chi connectivity index (χ0) is 18.0. The Balaban J connectivity index is 2.09.